The van der Waals surface area contributed by atoms with Crippen molar-refractivity contribution in [3.63, 3.8) is 0 Å². The fraction of sp³-hybridized carbons (Fsp3) is 0.0769. The van der Waals surface area contributed by atoms with Crippen LogP contribution >= 0.6 is 58.0 Å². The maximum atomic E-state index is 12.1. The van der Waals surface area contributed by atoms with Crippen LogP contribution in [0.5, 0.6) is 0 Å². The van der Waals surface area contributed by atoms with Crippen molar-refractivity contribution in [3.8, 4) is 17.2 Å². The lowest BCUT2D eigenvalue weighted by Gasteiger charge is -2.12. The molecule has 0 aliphatic heterocycles. The minimum absolute atomic E-state index is 0.0169. The first-order chi connectivity index (χ1) is 9.88. The Bertz CT molecular complexity index is 794. The molecule has 0 bridgehead atoms. The maximum absolute atomic E-state index is 12.1. The number of pyridine rings is 1. The highest BCUT2D eigenvalue weighted by molar-refractivity contribution is 6.56. The van der Waals surface area contributed by atoms with E-state index in [2.05, 4.69) is 4.98 Å². The average molecular weight is 382 g/mol. The normalized spacial score (nSPS) is 10.5. The molecule has 2 aromatic rings. The Morgan fingerprint density at radius 1 is 0.952 bits per heavy atom. The molecule has 3 nitrogen and oxygen atoms in total. The maximum Gasteiger partial charge on any atom is 0.256 e. The number of nitrogens with one attached hydrogen (secondary N) is 1. The second-order valence-corrected chi connectivity index (χ2v) is 5.90. The highest BCUT2D eigenvalue weighted by Crippen LogP contribution is 2.47. The summed E-state index contributed by atoms with van der Waals surface area (Å²) in [6, 6.07) is 5.02. The quantitative estimate of drug-likeness (QED) is 0.560. The van der Waals surface area contributed by atoms with Crippen molar-refractivity contribution >= 4 is 58.0 Å². The van der Waals surface area contributed by atoms with Gasteiger partial charge in [-0.05, 0) is 12.1 Å². The molecule has 0 unspecified atom stereocenters. The van der Waals surface area contributed by atoms with Gasteiger partial charge in [0.15, 0.2) is 0 Å². The van der Waals surface area contributed by atoms with E-state index < -0.39 is 5.56 Å². The van der Waals surface area contributed by atoms with Crippen molar-refractivity contribution in [2.75, 3.05) is 0 Å². The monoisotopic (exact) mass is 380 g/mol. The molecular weight excluding hydrogens is 377 g/mol. The van der Waals surface area contributed by atoms with E-state index in [9.17, 15) is 4.79 Å². The summed E-state index contributed by atoms with van der Waals surface area (Å²) < 4.78 is 0. The molecule has 0 aliphatic carbocycles. The second-order valence-electron chi connectivity index (χ2n) is 4.01. The summed E-state index contributed by atoms with van der Waals surface area (Å²) in [4.78, 5) is 14.7. The molecule has 108 valence electrons. The van der Waals surface area contributed by atoms with Crippen molar-refractivity contribution in [3.05, 3.63) is 53.3 Å². The Morgan fingerprint density at radius 3 is 1.95 bits per heavy atom. The number of hydrogen-bond acceptors (Lipinski definition) is 2. The lowest BCUT2D eigenvalue weighted by atomic mass is 10.1. The van der Waals surface area contributed by atoms with Gasteiger partial charge in [0.2, 0.25) is 0 Å². The van der Waals surface area contributed by atoms with Gasteiger partial charge in [-0.15, -0.1) is 0 Å². The molecule has 1 aromatic carbocycles. The fourth-order valence-electron chi connectivity index (χ4n) is 1.74. The SMILES string of the molecule is N#CCc1ccc(-c2c(Cl)c(Cl)c(Cl)c(Cl)c2Cl)c(=O)[nH]1. The number of benzene rings is 1. The van der Waals surface area contributed by atoms with Gasteiger partial charge in [-0.3, -0.25) is 4.79 Å². The standard InChI is InChI=1S/C13H5Cl5N2O/c14-8-7(9(15)11(17)12(18)10(8)16)6-2-1-5(3-4-19)20-13(6)21/h1-2H,3H2,(H,20,21). The number of H-pyrrole nitrogens is 1. The predicted octanol–water partition coefficient (Wildman–Crippen LogP) is 5.37. The van der Waals surface area contributed by atoms with Gasteiger partial charge in [0, 0.05) is 11.3 Å². The molecule has 0 amide bonds. The lowest BCUT2D eigenvalue weighted by molar-refractivity contribution is 1.08. The third kappa shape index (κ3) is 3.01. The van der Waals surface area contributed by atoms with Crippen molar-refractivity contribution in [1.82, 2.24) is 4.98 Å². The minimum Gasteiger partial charge on any atom is -0.325 e. The van der Waals surface area contributed by atoms with E-state index in [0.29, 0.717) is 5.69 Å². The topological polar surface area (TPSA) is 56.6 Å². The summed E-state index contributed by atoms with van der Waals surface area (Å²) in [5.74, 6) is 0. The van der Waals surface area contributed by atoms with E-state index in [1.165, 1.54) is 6.07 Å². The molecule has 0 radical (unpaired) electrons. The molecule has 0 aliphatic rings. The molecule has 0 saturated carbocycles. The summed E-state index contributed by atoms with van der Waals surface area (Å²) in [5.41, 5.74) is 0.403. The summed E-state index contributed by atoms with van der Waals surface area (Å²) in [6.45, 7) is 0. The number of hydrogen-bond donors (Lipinski definition) is 1. The molecule has 0 saturated heterocycles. The largest absolute Gasteiger partial charge is 0.325 e. The number of aromatic amines is 1. The molecule has 1 aromatic heterocycles. The number of rotatable bonds is 2. The zero-order chi connectivity index (χ0) is 15.7. The van der Waals surface area contributed by atoms with E-state index in [1.807, 2.05) is 6.07 Å². The smallest absolute Gasteiger partial charge is 0.256 e. The molecule has 1 heterocycles. The van der Waals surface area contributed by atoms with Gasteiger partial charge < -0.3 is 4.98 Å². The van der Waals surface area contributed by atoms with E-state index >= 15 is 0 Å². The van der Waals surface area contributed by atoms with Crippen molar-refractivity contribution < 1.29 is 0 Å². The van der Waals surface area contributed by atoms with Crippen molar-refractivity contribution in [2.45, 2.75) is 6.42 Å². The molecule has 0 fully saturated rings. The highest BCUT2D eigenvalue weighted by atomic mass is 35.5. The van der Waals surface area contributed by atoms with Crippen molar-refractivity contribution in [2.24, 2.45) is 0 Å². The van der Waals surface area contributed by atoms with Crippen LogP contribution < -0.4 is 5.56 Å². The Balaban J connectivity index is 2.75. The Labute approximate surface area is 145 Å². The van der Waals surface area contributed by atoms with E-state index in [-0.39, 0.29) is 42.7 Å². The molecule has 21 heavy (non-hydrogen) atoms. The second kappa shape index (κ2) is 6.48. The Hall–Kier alpha value is -0.890. The highest BCUT2D eigenvalue weighted by Gasteiger charge is 2.22. The van der Waals surface area contributed by atoms with Gasteiger partial charge >= 0.3 is 0 Å². The van der Waals surface area contributed by atoms with E-state index in [0.717, 1.165) is 0 Å². The van der Waals surface area contributed by atoms with Gasteiger partial charge in [0.25, 0.3) is 5.56 Å². The van der Waals surface area contributed by atoms with Crippen LogP contribution in [0.15, 0.2) is 16.9 Å². The minimum atomic E-state index is -0.457. The summed E-state index contributed by atoms with van der Waals surface area (Å²) in [5, 5.41) is 8.75. The number of halogens is 5. The van der Waals surface area contributed by atoms with Crippen LogP contribution in [0.3, 0.4) is 0 Å². The number of nitrogens with zero attached hydrogens (tertiary/aromatic N) is 1. The summed E-state index contributed by atoms with van der Waals surface area (Å²) in [7, 11) is 0. The lowest BCUT2D eigenvalue weighted by Crippen LogP contribution is -2.11. The van der Waals surface area contributed by atoms with E-state index in [1.54, 1.807) is 6.07 Å². The number of aromatic nitrogens is 1. The third-order valence-electron chi connectivity index (χ3n) is 2.72. The first-order valence-corrected chi connectivity index (χ1v) is 7.38. The van der Waals surface area contributed by atoms with Gasteiger partial charge in [-0.2, -0.15) is 5.26 Å². The van der Waals surface area contributed by atoms with Gasteiger partial charge in [0.1, 0.15) is 0 Å². The van der Waals surface area contributed by atoms with Gasteiger partial charge in [0.05, 0.1) is 43.2 Å². The van der Waals surface area contributed by atoms with Gasteiger partial charge in [-0.25, -0.2) is 0 Å². The van der Waals surface area contributed by atoms with Crippen LogP contribution in [0, 0.1) is 11.3 Å². The Kier molecular flexibility index (Phi) is 5.08. The first kappa shape index (κ1) is 16.5. The predicted molar refractivity (Wildman–Crippen MR) is 86.9 cm³/mol. The summed E-state index contributed by atoms with van der Waals surface area (Å²) >= 11 is 30.1. The van der Waals surface area contributed by atoms with Crippen LogP contribution in [0.25, 0.3) is 11.1 Å². The zero-order valence-electron chi connectivity index (χ0n) is 10.1. The van der Waals surface area contributed by atoms with E-state index in [4.69, 9.17) is 63.3 Å². The molecule has 0 spiro atoms. The molecular formula is C13H5Cl5N2O. The van der Waals surface area contributed by atoms with Crippen LogP contribution in [0.2, 0.25) is 25.1 Å². The zero-order valence-corrected chi connectivity index (χ0v) is 13.9. The first-order valence-electron chi connectivity index (χ1n) is 5.49. The third-order valence-corrected chi connectivity index (χ3v) is 5.00. The van der Waals surface area contributed by atoms with Crippen molar-refractivity contribution in [1.29, 1.82) is 5.26 Å². The molecule has 0 atom stereocenters. The van der Waals surface area contributed by atoms with Crippen LogP contribution in [0.1, 0.15) is 5.69 Å². The molecule has 8 heteroatoms. The van der Waals surface area contributed by atoms with Crippen LogP contribution in [-0.4, -0.2) is 4.98 Å². The number of nitriles is 1. The average Bonchev–Trinajstić information content (AvgIpc) is 2.46. The Morgan fingerprint density at radius 2 is 1.48 bits per heavy atom. The van der Waals surface area contributed by atoms with Crippen LogP contribution in [-0.2, 0) is 6.42 Å². The van der Waals surface area contributed by atoms with Gasteiger partial charge in [-0.1, -0.05) is 58.0 Å². The molecule has 1 N–H and O–H groups in total. The fourth-order valence-corrected chi connectivity index (χ4v) is 3.08. The summed E-state index contributed by atoms with van der Waals surface area (Å²) in [6.07, 6.45) is 0.0825. The molecule has 2 rings (SSSR count). The van der Waals surface area contributed by atoms with Crippen LogP contribution in [0.4, 0.5) is 0 Å².